The van der Waals surface area contributed by atoms with Gasteiger partial charge in [-0.1, -0.05) is 5.21 Å². The maximum absolute atomic E-state index is 11.0. The Labute approximate surface area is 75.7 Å². The van der Waals surface area contributed by atoms with Crippen molar-refractivity contribution in [3.63, 3.8) is 0 Å². The molecule has 0 N–H and O–H groups in total. The Bertz CT molecular complexity index is 278. The third kappa shape index (κ3) is 1.35. The number of ether oxygens (including phenoxy) is 1. The number of aldehydes is 1. The lowest BCUT2D eigenvalue weighted by Crippen LogP contribution is -2.41. The molecule has 2 heterocycles. The lowest BCUT2D eigenvalue weighted by atomic mass is 9.92. The van der Waals surface area contributed by atoms with Crippen molar-refractivity contribution in [2.24, 2.45) is 0 Å². The first-order valence-electron chi connectivity index (χ1n) is 4.28. The van der Waals surface area contributed by atoms with Crippen molar-refractivity contribution >= 4 is 6.29 Å². The van der Waals surface area contributed by atoms with Crippen LogP contribution in [0.15, 0.2) is 12.4 Å². The van der Waals surface area contributed by atoms with Gasteiger partial charge in [-0.25, -0.2) is 4.68 Å². The number of nitrogens with zero attached hydrogens (tertiary/aromatic N) is 3. The standard InChI is InChI=1S/C8H11N3O2/c12-7-8(1-5-13-6-2-8)11-4-3-9-10-11/h3-4,7H,1-2,5-6H2. The van der Waals surface area contributed by atoms with E-state index in [4.69, 9.17) is 4.74 Å². The molecule has 0 bridgehead atoms. The fourth-order valence-electron chi connectivity index (χ4n) is 1.57. The molecule has 1 fully saturated rings. The van der Waals surface area contributed by atoms with Gasteiger partial charge in [0.2, 0.25) is 0 Å². The van der Waals surface area contributed by atoms with Crippen molar-refractivity contribution in [2.75, 3.05) is 13.2 Å². The summed E-state index contributed by atoms with van der Waals surface area (Å²) >= 11 is 0. The van der Waals surface area contributed by atoms with Crippen LogP contribution in [-0.4, -0.2) is 34.5 Å². The van der Waals surface area contributed by atoms with Crippen molar-refractivity contribution in [2.45, 2.75) is 18.4 Å². The van der Waals surface area contributed by atoms with E-state index in [1.54, 1.807) is 17.1 Å². The molecule has 0 atom stereocenters. The van der Waals surface area contributed by atoms with Crippen molar-refractivity contribution in [1.29, 1.82) is 0 Å². The van der Waals surface area contributed by atoms with Gasteiger partial charge in [-0.05, 0) is 0 Å². The average molecular weight is 181 g/mol. The Morgan fingerprint density at radius 3 is 2.77 bits per heavy atom. The van der Waals surface area contributed by atoms with Crippen LogP contribution in [0.4, 0.5) is 0 Å². The predicted octanol–water partition coefficient (Wildman–Crippen LogP) is -0.0173. The topological polar surface area (TPSA) is 57.0 Å². The van der Waals surface area contributed by atoms with Crippen LogP contribution in [0.25, 0.3) is 0 Å². The molecule has 1 aliphatic rings. The highest BCUT2D eigenvalue weighted by Gasteiger charge is 2.34. The van der Waals surface area contributed by atoms with Crippen LogP contribution in [0, 0.1) is 0 Å². The second-order valence-corrected chi connectivity index (χ2v) is 3.18. The van der Waals surface area contributed by atoms with Crippen molar-refractivity contribution in [3.05, 3.63) is 12.4 Å². The SMILES string of the molecule is O=CC1(n2ccnn2)CCOCC1. The molecular formula is C8H11N3O2. The molecule has 1 saturated heterocycles. The van der Waals surface area contributed by atoms with Crippen LogP contribution in [-0.2, 0) is 15.1 Å². The largest absolute Gasteiger partial charge is 0.381 e. The molecule has 2 rings (SSSR count). The number of aromatic nitrogens is 3. The minimum atomic E-state index is -0.519. The van der Waals surface area contributed by atoms with Gasteiger partial charge >= 0.3 is 0 Å². The lowest BCUT2D eigenvalue weighted by Gasteiger charge is -2.31. The summed E-state index contributed by atoms with van der Waals surface area (Å²) in [7, 11) is 0. The van der Waals surface area contributed by atoms with E-state index in [2.05, 4.69) is 10.3 Å². The number of rotatable bonds is 2. The molecule has 5 heteroatoms. The minimum absolute atomic E-state index is 0.519. The second kappa shape index (κ2) is 3.26. The molecule has 0 spiro atoms. The van der Waals surface area contributed by atoms with Gasteiger partial charge in [0.15, 0.2) is 0 Å². The fraction of sp³-hybridized carbons (Fsp3) is 0.625. The highest BCUT2D eigenvalue weighted by Crippen LogP contribution is 2.25. The summed E-state index contributed by atoms with van der Waals surface area (Å²) in [6.07, 6.45) is 5.62. The zero-order valence-corrected chi connectivity index (χ0v) is 7.22. The Morgan fingerprint density at radius 2 is 2.23 bits per heavy atom. The molecule has 5 nitrogen and oxygen atoms in total. The maximum Gasteiger partial charge on any atom is 0.147 e. The highest BCUT2D eigenvalue weighted by molar-refractivity contribution is 5.61. The van der Waals surface area contributed by atoms with E-state index < -0.39 is 5.54 Å². The van der Waals surface area contributed by atoms with Gasteiger partial charge in [0.05, 0.1) is 6.20 Å². The molecular weight excluding hydrogens is 170 g/mol. The van der Waals surface area contributed by atoms with Crippen LogP contribution in [0.5, 0.6) is 0 Å². The molecule has 0 unspecified atom stereocenters. The Morgan fingerprint density at radius 1 is 1.46 bits per heavy atom. The summed E-state index contributed by atoms with van der Waals surface area (Å²) in [5.74, 6) is 0. The summed E-state index contributed by atoms with van der Waals surface area (Å²) in [6.45, 7) is 1.22. The van der Waals surface area contributed by atoms with Gasteiger partial charge in [0, 0.05) is 32.3 Å². The predicted molar refractivity (Wildman–Crippen MR) is 44.1 cm³/mol. The Balaban J connectivity index is 2.28. The van der Waals surface area contributed by atoms with Crippen molar-refractivity contribution in [1.82, 2.24) is 15.0 Å². The van der Waals surface area contributed by atoms with E-state index in [0.717, 1.165) is 6.29 Å². The number of carbonyl (C=O) groups is 1. The molecule has 0 aromatic carbocycles. The van der Waals surface area contributed by atoms with Gasteiger partial charge in [-0.15, -0.1) is 5.10 Å². The van der Waals surface area contributed by atoms with Crippen molar-refractivity contribution < 1.29 is 9.53 Å². The monoisotopic (exact) mass is 181 g/mol. The van der Waals surface area contributed by atoms with Crippen LogP contribution in [0.2, 0.25) is 0 Å². The molecule has 0 aliphatic carbocycles. The number of hydrogen-bond acceptors (Lipinski definition) is 4. The van der Waals surface area contributed by atoms with E-state index >= 15 is 0 Å². The fourth-order valence-corrected chi connectivity index (χ4v) is 1.57. The van der Waals surface area contributed by atoms with E-state index in [0.29, 0.717) is 26.1 Å². The number of hydrogen-bond donors (Lipinski definition) is 0. The van der Waals surface area contributed by atoms with Crippen LogP contribution >= 0.6 is 0 Å². The summed E-state index contributed by atoms with van der Waals surface area (Å²) in [6, 6.07) is 0. The summed E-state index contributed by atoms with van der Waals surface area (Å²) in [4.78, 5) is 11.0. The third-order valence-electron chi connectivity index (χ3n) is 2.46. The van der Waals surface area contributed by atoms with E-state index in [1.165, 1.54) is 0 Å². The van der Waals surface area contributed by atoms with Gasteiger partial charge in [0.25, 0.3) is 0 Å². The van der Waals surface area contributed by atoms with E-state index in [-0.39, 0.29) is 0 Å². The minimum Gasteiger partial charge on any atom is -0.381 e. The van der Waals surface area contributed by atoms with Gasteiger partial charge in [-0.2, -0.15) is 0 Å². The Kier molecular flexibility index (Phi) is 2.10. The maximum atomic E-state index is 11.0. The first kappa shape index (κ1) is 8.37. The summed E-state index contributed by atoms with van der Waals surface area (Å²) < 4.78 is 6.83. The molecule has 0 saturated carbocycles. The lowest BCUT2D eigenvalue weighted by molar-refractivity contribution is -0.120. The third-order valence-corrected chi connectivity index (χ3v) is 2.46. The van der Waals surface area contributed by atoms with Crippen molar-refractivity contribution in [3.8, 4) is 0 Å². The van der Waals surface area contributed by atoms with Crippen LogP contribution in [0.3, 0.4) is 0 Å². The van der Waals surface area contributed by atoms with Crippen LogP contribution < -0.4 is 0 Å². The normalized spacial score (nSPS) is 21.2. The zero-order chi connectivity index (χ0) is 9.15. The molecule has 13 heavy (non-hydrogen) atoms. The zero-order valence-electron chi connectivity index (χ0n) is 7.22. The van der Waals surface area contributed by atoms with Crippen LogP contribution in [0.1, 0.15) is 12.8 Å². The quantitative estimate of drug-likeness (QED) is 0.602. The summed E-state index contributed by atoms with van der Waals surface area (Å²) in [5.41, 5.74) is -0.519. The first-order valence-corrected chi connectivity index (χ1v) is 4.28. The molecule has 1 aliphatic heterocycles. The molecule has 0 radical (unpaired) electrons. The van der Waals surface area contributed by atoms with E-state index in [9.17, 15) is 4.79 Å². The van der Waals surface area contributed by atoms with Gasteiger partial charge < -0.3 is 9.53 Å². The Hall–Kier alpha value is -1.23. The molecule has 0 amide bonds. The summed E-state index contributed by atoms with van der Waals surface area (Å²) in [5, 5.41) is 7.57. The highest BCUT2D eigenvalue weighted by atomic mass is 16.5. The second-order valence-electron chi connectivity index (χ2n) is 3.18. The molecule has 70 valence electrons. The van der Waals surface area contributed by atoms with Gasteiger partial charge in [0.1, 0.15) is 11.8 Å². The first-order chi connectivity index (χ1) is 6.37. The molecule has 1 aromatic heterocycles. The van der Waals surface area contributed by atoms with E-state index in [1.807, 2.05) is 0 Å². The number of carbonyl (C=O) groups excluding carboxylic acids is 1. The smallest absolute Gasteiger partial charge is 0.147 e. The molecule has 1 aromatic rings. The average Bonchev–Trinajstić information content (AvgIpc) is 2.72. The van der Waals surface area contributed by atoms with Gasteiger partial charge in [-0.3, -0.25) is 0 Å².